The highest BCUT2D eigenvalue weighted by molar-refractivity contribution is 9.10. The lowest BCUT2D eigenvalue weighted by Crippen LogP contribution is -2.18. The predicted molar refractivity (Wildman–Crippen MR) is 85.0 cm³/mol. The number of carboxylic acid groups (broad SMARTS) is 1. The van der Waals surface area contributed by atoms with E-state index >= 15 is 0 Å². The number of anilines is 1. The number of carbonyl (C=O) groups is 1. The van der Waals surface area contributed by atoms with Gasteiger partial charge in [0.25, 0.3) is 10.0 Å². The summed E-state index contributed by atoms with van der Waals surface area (Å²) < 4.78 is 67.0. The Hall–Kier alpha value is -2.27. The van der Waals surface area contributed by atoms with E-state index in [2.05, 4.69) is 25.4 Å². The van der Waals surface area contributed by atoms with Gasteiger partial charge in [0, 0.05) is 4.47 Å². The van der Waals surface area contributed by atoms with Crippen LogP contribution in [0.5, 0.6) is 5.75 Å². The van der Waals surface area contributed by atoms with Gasteiger partial charge in [-0.15, -0.1) is 13.2 Å². The maximum atomic E-state index is 12.4. The van der Waals surface area contributed by atoms with Gasteiger partial charge in [0.1, 0.15) is 10.6 Å². The van der Waals surface area contributed by atoms with E-state index in [0.29, 0.717) is 0 Å². The summed E-state index contributed by atoms with van der Waals surface area (Å²) in [4.78, 5) is 10.7. The van der Waals surface area contributed by atoms with Crippen molar-refractivity contribution in [2.75, 3.05) is 4.72 Å². The van der Waals surface area contributed by atoms with Gasteiger partial charge in [0.15, 0.2) is 0 Å². The molecule has 0 amide bonds. The fourth-order valence-corrected chi connectivity index (χ4v) is 3.99. The van der Waals surface area contributed by atoms with Crippen LogP contribution in [-0.4, -0.2) is 25.9 Å². The summed E-state index contributed by atoms with van der Waals surface area (Å²) in [5.74, 6) is -1.95. The first kappa shape index (κ1) is 19.1. The minimum absolute atomic E-state index is 0.183. The van der Waals surface area contributed by atoms with Gasteiger partial charge < -0.3 is 9.84 Å². The van der Waals surface area contributed by atoms with Gasteiger partial charge in [-0.3, -0.25) is 4.72 Å². The van der Waals surface area contributed by atoms with Crippen LogP contribution in [0, 0.1) is 0 Å². The van der Waals surface area contributed by atoms with E-state index in [-0.39, 0.29) is 20.6 Å². The van der Waals surface area contributed by atoms with Gasteiger partial charge in [-0.05, 0) is 46.3 Å². The third-order valence-electron chi connectivity index (χ3n) is 2.83. The molecular weight excluding hydrogens is 431 g/mol. The molecule has 0 spiro atoms. The first-order valence-corrected chi connectivity index (χ1v) is 8.68. The molecule has 0 radical (unpaired) electrons. The van der Waals surface area contributed by atoms with E-state index in [4.69, 9.17) is 5.11 Å². The van der Waals surface area contributed by atoms with E-state index in [1.54, 1.807) is 0 Å². The molecule has 11 heteroatoms. The third-order valence-corrected chi connectivity index (χ3v) is 5.17. The molecule has 6 nitrogen and oxygen atoms in total. The van der Waals surface area contributed by atoms with E-state index < -0.39 is 28.1 Å². The second-order valence-corrected chi connectivity index (χ2v) is 7.10. The SMILES string of the molecule is O=C(O)c1ccccc1NS(=O)(=O)c1ccc(OC(F)(F)F)cc1Br. The molecule has 0 fully saturated rings. The number of hydrogen-bond acceptors (Lipinski definition) is 4. The van der Waals surface area contributed by atoms with Gasteiger partial charge in [-0.1, -0.05) is 12.1 Å². The molecule has 0 bridgehead atoms. The fourth-order valence-electron chi connectivity index (χ4n) is 1.85. The molecule has 2 N–H and O–H groups in total. The van der Waals surface area contributed by atoms with Crippen molar-refractivity contribution < 1.29 is 36.2 Å². The summed E-state index contributed by atoms with van der Waals surface area (Å²) in [6, 6.07) is 7.86. The highest BCUT2D eigenvalue weighted by atomic mass is 79.9. The fraction of sp³-hybridized carbons (Fsp3) is 0.0714. The van der Waals surface area contributed by atoms with Crippen LogP contribution < -0.4 is 9.46 Å². The molecule has 0 saturated carbocycles. The molecule has 2 aromatic rings. The molecular formula is C14H9BrF3NO5S. The van der Waals surface area contributed by atoms with Crippen molar-refractivity contribution in [1.82, 2.24) is 0 Å². The number of benzene rings is 2. The lowest BCUT2D eigenvalue weighted by molar-refractivity contribution is -0.274. The number of alkyl halides is 3. The van der Waals surface area contributed by atoms with E-state index in [9.17, 15) is 26.4 Å². The Labute approximate surface area is 148 Å². The number of halogens is 4. The van der Waals surface area contributed by atoms with Crippen molar-refractivity contribution in [2.24, 2.45) is 0 Å². The number of nitrogens with one attached hydrogen (secondary N) is 1. The average molecular weight is 440 g/mol. The number of sulfonamides is 1. The monoisotopic (exact) mass is 439 g/mol. The smallest absolute Gasteiger partial charge is 0.478 e. The first-order valence-electron chi connectivity index (χ1n) is 6.40. The van der Waals surface area contributed by atoms with Crippen LogP contribution in [0.15, 0.2) is 51.8 Å². The van der Waals surface area contributed by atoms with Gasteiger partial charge in [-0.25, -0.2) is 13.2 Å². The van der Waals surface area contributed by atoms with Gasteiger partial charge in [0.2, 0.25) is 0 Å². The molecule has 0 aliphatic heterocycles. The van der Waals surface area contributed by atoms with Crippen molar-refractivity contribution in [3.8, 4) is 5.75 Å². The summed E-state index contributed by atoms with van der Waals surface area (Å²) in [7, 11) is -4.26. The number of hydrogen-bond donors (Lipinski definition) is 2. The molecule has 0 aromatic heterocycles. The zero-order chi connectivity index (χ0) is 18.8. The van der Waals surface area contributed by atoms with Gasteiger partial charge in [-0.2, -0.15) is 0 Å². The van der Waals surface area contributed by atoms with Gasteiger partial charge >= 0.3 is 12.3 Å². The minimum Gasteiger partial charge on any atom is -0.478 e. The van der Waals surface area contributed by atoms with Crippen LogP contribution in [-0.2, 0) is 10.0 Å². The summed E-state index contributed by atoms with van der Waals surface area (Å²) in [6.07, 6.45) is -4.92. The van der Waals surface area contributed by atoms with Crippen molar-refractivity contribution in [1.29, 1.82) is 0 Å². The molecule has 2 aromatic carbocycles. The van der Waals surface area contributed by atoms with Crippen LogP contribution in [0.25, 0.3) is 0 Å². The topological polar surface area (TPSA) is 92.7 Å². The normalized spacial score (nSPS) is 11.8. The first-order chi connectivity index (χ1) is 11.5. The molecule has 0 atom stereocenters. The summed E-state index contributed by atoms with van der Waals surface area (Å²) in [6.45, 7) is 0. The van der Waals surface area contributed by atoms with Crippen molar-refractivity contribution in [2.45, 2.75) is 11.3 Å². The Balaban J connectivity index is 2.36. The summed E-state index contributed by atoms with van der Waals surface area (Å²) in [5.41, 5.74) is -0.461. The number of para-hydroxylation sites is 1. The zero-order valence-corrected chi connectivity index (χ0v) is 14.4. The molecule has 0 aliphatic rings. The number of carboxylic acids is 1. The quantitative estimate of drug-likeness (QED) is 0.737. The largest absolute Gasteiger partial charge is 0.573 e. The van der Waals surface area contributed by atoms with Crippen molar-refractivity contribution in [3.05, 3.63) is 52.5 Å². The van der Waals surface area contributed by atoms with Crippen molar-refractivity contribution in [3.63, 3.8) is 0 Å². The summed E-state index contributed by atoms with van der Waals surface area (Å²) in [5, 5.41) is 9.07. The maximum Gasteiger partial charge on any atom is 0.573 e. The molecule has 134 valence electrons. The third kappa shape index (κ3) is 4.86. The van der Waals surface area contributed by atoms with Crippen LogP contribution in [0.3, 0.4) is 0 Å². The Morgan fingerprint density at radius 1 is 1.16 bits per heavy atom. The maximum absolute atomic E-state index is 12.4. The lowest BCUT2D eigenvalue weighted by atomic mass is 10.2. The standard InChI is InChI=1S/C14H9BrF3NO5S/c15-10-7-8(24-14(16,17)18)5-6-12(10)25(22,23)19-11-4-2-1-3-9(11)13(20)21/h1-7,19H,(H,20,21). The Kier molecular flexibility index (Phi) is 5.28. The van der Waals surface area contributed by atoms with E-state index in [0.717, 1.165) is 18.2 Å². The summed E-state index contributed by atoms with van der Waals surface area (Å²) >= 11 is 2.87. The van der Waals surface area contributed by atoms with Crippen LogP contribution in [0.4, 0.5) is 18.9 Å². The molecule has 0 aliphatic carbocycles. The van der Waals surface area contributed by atoms with Crippen LogP contribution in [0.1, 0.15) is 10.4 Å². The van der Waals surface area contributed by atoms with E-state index in [1.165, 1.54) is 24.3 Å². The number of ether oxygens (including phenoxy) is 1. The Morgan fingerprint density at radius 2 is 1.80 bits per heavy atom. The highest BCUT2D eigenvalue weighted by Crippen LogP contribution is 2.31. The van der Waals surface area contributed by atoms with Gasteiger partial charge in [0.05, 0.1) is 11.3 Å². The minimum atomic E-state index is -4.92. The molecule has 0 heterocycles. The Bertz CT molecular complexity index is 915. The second-order valence-electron chi connectivity index (χ2n) is 4.60. The molecule has 0 saturated heterocycles. The zero-order valence-electron chi connectivity index (χ0n) is 12.0. The highest BCUT2D eigenvalue weighted by Gasteiger charge is 2.31. The van der Waals surface area contributed by atoms with E-state index in [1.807, 2.05) is 0 Å². The van der Waals surface area contributed by atoms with Crippen LogP contribution in [0.2, 0.25) is 0 Å². The molecule has 2 rings (SSSR count). The van der Waals surface area contributed by atoms with Crippen LogP contribution >= 0.6 is 15.9 Å². The average Bonchev–Trinajstić information content (AvgIpc) is 2.45. The Morgan fingerprint density at radius 3 is 2.36 bits per heavy atom. The number of rotatable bonds is 5. The molecule has 0 unspecified atom stereocenters. The second kappa shape index (κ2) is 6.92. The molecule has 25 heavy (non-hydrogen) atoms. The number of aromatic carboxylic acids is 1. The lowest BCUT2D eigenvalue weighted by Gasteiger charge is -2.13. The van der Waals surface area contributed by atoms with Crippen molar-refractivity contribution >= 4 is 37.6 Å². The predicted octanol–water partition coefficient (Wildman–Crippen LogP) is 3.85.